The van der Waals surface area contributed by atoms with Crippen LogP contribution in [-0.4, -0.2) is 49.6 Å². The molecule has 6 nitrogen and oxygen atoms in total. The van der Waals surface area contributed by atoms with Crippen molar-refractivity contribution in [1.29, 1.82) is 0 Å². The number of aromatic nitrogens is 4. The minimum Gasteiger partial charge on any atom is -0.351 e. The van der Waals surface area contributed by atoms with Crippen molar-refractivity contribution in [3.8, 4) is 11.4 Å². The SMILES string of the molecule is Cc1ncc(-c2ccnc(NC3C[C@H]4CC[C@@H](C3)N4C)n2)n1C(C)C. The van der Waals surface area contributed by atoms with Crippen molar-refractivity contribution in [2.45, 2.75) is 70.6 Å². The molecule has 0 spiro atoms. The number of rotatable bonds is 4. The smallest absolute Gasteiger partial charge is 0.223 e. The highest BCUT2D eigenvalue weighted by atomic mass is 15.2. The zero-order valence-electron chi connectivity index (χ0n) is 15.6. The van der Waals surface area contributed by atoms with Gasteiger partial charge < -0.3 is 14.8 Å². The van der Waals surface area contributed by atoms with Gasteiger partial charge in [-0.15, -0.1) is 0 Å². The van der Waals surface area contributed by atoms with Gasteiger partial charge in [0.15, 0.2) is 0 Å². The van der Waals surface area contributed by atoms with Crippen LogP contribution in [0.3, 0.4) is 0 Å². The maximum Gasteiger partial charge on any atom is 0.223 e. The summed E-state index contributed by atoms with van der Waals surface area (Å²) in [5, 5.41) is 3.59. The molecule has 1 unspecified atom stereocenters. The molecule has 0 amide bonds. The quantitative estimate of drug-likeness (QED) is 0.926. The number of nitrogens with zero attached hydrogens (tertiary/aromatic N) is 5. The molecule has 2 aliphatic heterocycles. The molecule has 134 valence electrons. The molecule has 2 aliphatic rings. The van der Waals surface area contributed by atoms with Crippen molar-refractivity contribution >= 4 is 5.95 Å². The zero-order chi connectivity index (χ0) is 17.6. The molecule has 2 aromatic rings. The molecule has 0 aliphatic carbocycles. The van der Waals surface area contributed by atoms with E-state index < -0.39 is 0 Å². The summed E-state index contributed by atoms with van der Waals surface area (Å²) in [5.41, 5.74) is 1.99. The second kappa shape index (κ2) is 6.41. The molecular formula is C19H28N6. The molecule has 2 saturated heterocycles. The predicted molar refractivity (Wildman–Crippen MR) is 99.6 cm³/mol. The highest BCUT2D eigenvalue weighted by molar-refractivity contribution is 5.56. The Morgan fingerprint density at radius 3 is 2.56 bits per heavy atom. The fourth-order valence-electron chi connectivity index (χ4n) is 4.58. The van der Waals surface area contributed by atoms with E-state index in [9.17, 15) is 0 Å². The largest absolute Gasteiger partial charge is 0.351 e. The van der Waals surface area contributed by atoms with Crippen LogP contribution in [0.4, 0.5) is 5.95 Å². The minimum atomic E-state index is 0.355. The molecule has 3 atom stereocenters. The predicted octanol–water partition coefficient (Wildman–Crippen LogP) is 3.27. The van der Waals surface area contributed by atoms with E-state index >= 15 is 0 Å². The summed E-state index contributed by atoms with van der Waals surface area (Å²) in [6, 6.07) is 4.22. The first-order chi connectivity index (χ1) is 12.0. The monoisotopic (exact) mass is 340 g/mol. The van der Waals surface area contributed by atoms with E-state index in [-0.39, 0.29) is 0 Å². The zero-order valence-corrected chi connectivity index (χ0v) is 15.6. The minimum absolute atomic E-state index is 0.355. The number of anilines is 1. The topological polar surface area (TPSA) is 58.9 Å². The normalized spacial score (nSPS) is 26.4. The van der Waals surface area contributed by atoms with Gasteiger partial charge in [-0.05, 0) is 59.6 Å². The van der Waals surface area contributed by atoms with Crippen LogP contribution in [0.25, 0.3) is 11.4 Å². The Morgan fingerprint density at radius 2 is 1.88 bits per heavy atom. The number of imidazole rings is 1. The van der Waals surface area contributed by atoms with Gasteiger partial charge in [0.25, 0.3) is 0 Å². The number of hydrogen-bond donors (Lipinski definition) is 1. The summed E-state index contributed by atoms with van der Waals surface area (Å²) in [4.78, 5) is 16.3. The Labute approximate surface area is 149 Å². The van der Waals surface area contributed by atoms with Crippen LogP contribution in [0.2, 0.25) is 0 Å². The fraction of sp³-hybridized carbons (Fsp3) is 0.632. The summed E-state index contributed by atoms with van der Waals surface area (Å²) in [7, 11) is 2.27. The Morgan fingerprint density at radius 1 is 1.16 bits per heavy atom. The lowest BCUT2D eigenvalue weighted by Crippen LogP contribution is -2.44. The molecule has 0 radical (unpaired) electrons. The molecule has 2 aromatic heterocycles. The third-order valence-corrected chi connectivity index (χ3v) is 5.85. The molecular weight excluding hydrogens is 312 g/mol. The number of hydrogen-bond acceptors (Lipinski definition) is 5. The van der Waals surface area contributed by atoms with E-state index in [0.29, 0.717) is 24.2 Å². The first-order valence-electron chi connectivity index (χ1n) is 9.38. The van der Waals surface area contributed by atoms with E-state index in [0.717, 1.165) is 23.2 Å². The third kappa shape index (κ3) is 3.03. The number of fused-ring (bicyclic) bond motifs is 2. The van der Waals surface area contributed by atoms with Gasteiger partial charge in [0.05, 0.1) is 17.6 Å². The average molecular weight is 340 g/mol. The van der Waals surface area contributed by atoms with E-state index in [2.05, 4.69) is 45.6 Å². The molecule has 6 heteroatoms. The Balaban J connectivity index is 1.55. The highest BCUT2D eigenvalue weighted by Crippen LogP contribution is 2.35. The van der Waals surface area contributed by atoms with Gasteiger partial charge in [-0.2, -0.15) is 0 Å². The molecule has 2 bridgehead atoms. The lowest BCUT2D eigenvalue weighted by Gasteiger charge is -2.36. The van der Waals surface area contributed by atoms with Crippen LogP contribution in [0, 0.1) is 6.92 Å². The van der Waals surface area contributed by atoms with Crippen LogP contribution in [0.1, 0.15) is 51.4 Å². The maximum atomic E-state index is 4.79. The summed E-state index contributed by atoms with van der Waals surface area (Å²) in [6.45, 7) is 6.39. The molecule has 0 aromatic carbocycles. The van der Waals surface area contributed by atoms with Gasteiger partial charge in [0.1, 0.15) is 5.82 Å². The lowest BCUT2D eigenvalue weighted by atomic mass is 9.98. The second-order valence-corrected chi connectivity index (χ2v) is 7.78. The van der Waals surface area contributed by atoms with Gasteiger partial charge in [-0.1, -0.05) is 0 Å². The van der Waals surface area contributed by atoms with E-state index in [1.165, 1.54) is 25.7 Å². The van der Waals surface area contributed by atoms with Crippen molar-refractivity contribution in [2.75, 3.05) is 12.4 Å². The molecule has 25 heavy (non-hydrogen) atoms. The Kier molecular flexibility index (Phi) is 4.23. The average Bonchev–Trinajstić information content (AvgIpc) is 3.04. The van der Waals surface area contributed by atoms with Crippen molar-refractivity contribution in [3.63, 3.8) is 0 Å². The van der Waals surface area contributed by atoms with Crippen LogP contribution in [0.5, 0.6) is 0 Å². The van der Waals surface area contributed by atoms with Crippen molar-refractivity contribution < 1.29 is 0 Å². The van der Waals surface area contributed by atoms with Crippen LogP contribution in [0.15, 0.2) is 18.5 Å². The third-order valence-electron chi connectivity index (χ3n) is 5.85. The van der Waals surface area contributed by atoms with Crippen molar-refractivity contribution in [3.05, 3.63) is 24.3 Å². The van der Waals surface area contributed by atoms with Crippen LogP contribution in [-0.2, 0) is 0 Å². The van der Waals surface area contributed by atoms with Crippen LogP contribution >= 0.6 is 0 Å². The number of aryl methyl sites for hydroxylation is 1. The molecule has 4 rings (SSSR count). The molecule has 4 heterocycles. The fourth-order valence-corrected chi connectivity index (χ4v) is 4.58. The summed E-state index contributed by atoms with van der Waals surface area (Å²) in [6.07, 6.45) is 8.78. The first-order valence-corrected chi connectivity index (χ1v) is 9.38. The van der Waals surface area contributed by atoms with E-state index in [1.807, 2.05) is 25.4 Å². The second-order valence-electron chi connectivity index (χ2n) is 7.78. The molecule has 1 N–H and O–H groups in total. The number of piperidine rings is 1. The Hall–Kier alpha value is -1.95. The highest BCUT2D eigenvalue weighted by Gasteiger charge is 2.38. The van der Waals surface area contributed by atoms with Gasteiger partial charge in [0.2, 0.25) is 5.95 Å². The maximum absolute atomic E-state index is 4.79. The van der Waals surface area contributed by atoms with Crippen LogP contribution < -0.4 is 5.32 Å². The number of nitrogens with one attached hydrogen (secondary N) is 1. The van der Waals surface area contributed by atoms with E-state index in [4.69, 9.17) is 4.98 Å². The van der Waals surface area contributed by atoms with Crippen molar-refractivity contribution in [2.24, 2.45) is 0 Å². The van der Waals surface area contributed by atoms with E-state index in [1.54, 1.807) is 0 Å². The van der Waals surface area contributed by atoms with Gasteiger partial charge in [-0.25, -0.2) is 15.0 Å². The van der Waals surface area contributed by atoms with Gasteiger partial charge >= 0.3 is 0 Å². The lowest BCUT2D eigenvalue weighted by molar-refractivity contribution is 0.168. The first kappa shape index (κ1) is 16.5. The van der Waals surface area contributed by atoms with Gasteiger partial charge in [-0.3, -0.25) is 0 Å². The summed E-state index contributed by atoms with van der Waals surface area (Å²) in [5.74, 6) is 1.76. The molecule has 0 saturated carbocycles. The van der Waals surface area contributed by atoms with Crippen molar-refractivity contribution in [1.82, 2.24) is 24.4 Å². The Bertz CT molecular complexity index is 738. The summed E-state index contributed by atoms with van der Waals surface area (Å²) < 4.78 is 2.22. The summed E-state index contributed by atoms with van der Waals surface area (Å²) >= 11 is 0. The van der Waals surface area contributed by atoms with Gasteiger partial charge in [0, 0.05) is 30.4 Å². The molecule has 2 fully saturated rings. The standard InChI is InChI=1S/C19H28N6/c1-12(2)25-13(3)21-11-18(25)17-7-8-20-19(23-17)22-14-9-15-5-6-16(10-14)24(15)4/h7-8,11-12,14-16H,5-6,9-10H2,1-4H3,(H,20,22,23)/t14?,15-,16+.